The Morgan fingerprint density at radius 1 is 1.31 bits per heavy atom. The number of rotatable bonds is 2. The molecule has 0 aliphatic rings. The van der Waals surface area contributed by atoms with Crippen LogP contribution in [0.3, 0.4) is 0 Å². The summed E-state index contributed by atoms with van der Waals surface area (Å²) < 4.78 is 2.08. The van der Waals surface area contributed by atoms with Crippen molar-refractivity contribution in [1.29, 1.82) is 0 Å². The molecule has 1 aromatic heterocycles. The molecular weight excluding hydrogens is 200 g/mol. The molecule has 1 aromatic carbocycles. The molecule has 82 valence electrons. The molecule has 0 unspecified atom stereocenters. The number of para-hydroxylation sites is 1. The lowest BCUT2D eigenvalue weighted by Crippen LogP contribution is -2.29. The first-order valence-electron chi connectivity index (χ1n) is 5.29. The number of aryl methyl sites for hydroxylation is 1. The van der Waals surface area contributed by atoms with Gasteiger partial charge in [-0.25, -0.2) is 4.57 Å². The van der Waals surface area contributed by atoms with Crippen LogP contribution in [0, 0.1) is 0 Å². The number of benzene rings is 1. The topological polar surface area (TPSA) is 33.0 Å². The fraction of sp³-hybridized carbons (Fsp3) is 0.231. The van der Waals surface area contributed by atoms with E-state index in [1.165, 1.54) is 17.8 Å². The highest BCUT2D eigenvalue weighted by Crippen LogP contribution is 2.14. The zero-order chi connectivity index (χ0) is 11.5. The van der Waals surface area contributed by atoms with Gasteiger partial charge in [-0.3, -0.25) is 4.79 Å². The van der Waals surface area contributed by atoms with Crippen LogP contribution in [0.5, 0.6) is 0 Å². The van der Waals surface area contributed by atoms with Crippen molar-refractivity contribution in [3.8, 4) is 0 Å². The quantitative estimate of drug-likeness (QED) is 0.753. The lowest BCUT2D eigenvalue weighted by atomic mass is 10.1. The predicted molar refractivity (Wildman–Crippen MR) is 62.6 cm³/mol. The average Bonchev–Trinajstić information content (AvgIpc) is 2.28. The van der Waals surface area contributed by atoms with E-state index in [1.807, 2.05) is 31.4 Å². The van der Waals surface area contributed by atoms with Gasteiger partial charge in [-0.2, -0.15) is 0 Å². The Bertz CT molecular complexity index is 534. The van der Waals surface area contributed by atoms with E-state index in [0.29, 0.717) is 6.54 Å². The zero-order valence-electron chi connectivity index (χ0n) is 9.53. The van der Waals surface area contributed by atoms with Gasteiger partial charge in [0, 0.05) is 25.6 Å². The molecule has 3 nitrogen and oxygen atoms in total. The van der Waals surface area contributed by atoms with Crippen molar-refractivity contribution >= 4 is 16.8 Å². The van der Waals surface area contributed by atoms with Gasteiger partial charge in [0.1, 0.15) is 7.05 Å². The van der Waals surface area contributed by atoms with Crippen molar-refractivity contribution in [2.24, 2.45) is 7.05 Å². The van der Waals surface area contributed by atoms with Crippen molar-refractivity contribution in [3.63, 3.8) is 0 Å². The second-order valence-electron chi connectivity index (χ2n) is 3.88. The molecule has 1 amide bonds. The number of nitrogens with one attached hydrogen (secondary N) is 1. The van der Waals surface area contributed by atoms with Crippen LogP contribution in [0.15, 0.2) is 36.5 Å². The zero-order valence-corrected chi connectivity index (χ0v) is 9.53. The Morgan fingerprint density at radius 2 is 2.06 bits per heavy atom. The number of hydrogen-bond acceptors (Lipinski definition) is 1. The number of hydrogen-bond donors (Lipinski definition) is 1. The van der Waals surface area contributed by atoms with Crippen LogP contribution in [0.2, 0.25) is 0 Å². The standard InChI is InChI=1S/C13H14N2O/c1-10(16)14-9-11-7-8-15(2)13-6-4-3-5-12(11)13/h3-8H,9H2,1-2H3/p+1. The van der Waals surface area contributed by atoms with E-state index in [4.69, 9.17) is 0 Å². The molecule has 0 atom stereocenters. The molecule has 0 saturated heterocycles. The minimum absolute atomic E-state index is 0.00249. The van der Waals surface area contributed by atoms with Crippen molar-refractivity contribution in [2.45, 2.75) is 13.5 Å². The van der Waals surface area contributed by atoms with E-state index in [2.05, 4.69) is 22.0 Å². The molecule has 3 heteroatoms. The maximum absolute atomic E-state index is 10.9. The van der Waals surface area contributed by atoms with E-state index < -0.39 is 0 Å². The fourth-order valence-electron chi connectivity index (χ4n) is 1.80. The van der Waals surface area contributed by atoms with Gasteiger partial charge in [0.15, 0.2) is 6.20 Å². The number of carbonyl (C=O) groups excluding carboxylic acids is 1. The fourth-order valence-corrected chi connectivity index (χ4v) is 1.80. The average molecular weight is 215 g/mol. The first kappa shape index (κ1) is 10.6. The van der Waals surface area contributed by atoms with E-state index in [1.54, 1.807) is 0 Å². The van der Waals surface area contributed by atoms with Crippen LogP contribution in [0.1, 0.15) is 12.5 Å². The molecule has 0 saturated carbocycles. The summed E-state index contributed by atoms with van der Waals surface area (Å²) in [4.78, 5) is 10.9. The second kappa shape index (κ2) is 4.31. The molecule has 0 fully saturated rings. The first-order valence-corrected chi connectivity index (χ1v) is 5.29. The van der Waals surface area contributed by atoms with E-state index >= 15 is 0 Å². The monoisotopic (exact) mass is 215 g/mol. The maximum atomic E-state index is 10.9. The highest BCUT2D eigenvalue weighted by molar-refractivity contribution is 5.80. The Balaban J connectivity index is 2.46. The SMILES string of the molecule is CC(=O)NCc1cc[n+](C)c2ccccc12. The van der Waals surface area contributed by atoms with Gasteiger partial charge in [0.05, 0.1) is 5.39 Å². The number of amides is 1. The molecule has 0 spiro atoms. The van der Waals surface area contributed by atoms with Crippen LogP contribution in [-0.2, 0) is 18.4 Å². The lowest BCUT2D eigenvalue weighted by Gasteiger charge is -2.05. The van der Waals surface area contributed by atoms with Gasteiger partial charge in [0.2, 0.25) is 11.4 Å². The third-order valence-electron chi connectivity index (χ3n) is 2.66. The van der Waals surface area contributed by atoms with Gasteiger partial charge in [-0.15, -0.1) is 0 Å². The Hall–Kier alpha value is -1.90. The third-order valence-corrected chi connectivity index (χ3v) is 2.66. The highest BCUT2D eigenvalue weighted by Gasteiger charge is 2.08. The minimum Gasteiger partial charge on any atom is -0.352 e. The summed E-state index contributed by atoms with van der Waals surface area (Å²) in [6.07, 6.45) is 2.01. The molecule has 1 N–H and O–H groups in total. The summed E-state index contributed by atoms with van der Waals surface area (Å²) in [5.41, 5.74) is 2.31. The molecule has 2 rings (SSSR count). The summed E-state index contributed by atoms with van der Waals surface area (Å²) in [5.74, 6) is -0.00249. The van der Waals surface area contributed by atoms with Crippen LogP contribution >= 0.6 is 0 Å². The number of aromatic nitrogens is 1. The molecule has 16 heavy (non-hydrogen) atoms. The van der Waals surface area contributed by atoms with Gasteiger partial charge >= 0.3 is 0 Å². The van der Waals surface area contributed by atoms with Crippen LogP contribution < -0.4 is 9.88 Å². The van der Waals surface area contributed by atoms with Crippen LogP contribution in [-0.4, -0.2) is 5.91 Å². The van der Waals surface area contributed by atoms with E-state index in [9.17, 15) is 4.79 Å². The lowest BCUT2D eigenvalue weighted by molar-refractivity contribution is -0.644. The van der Waals surface area contributed by atoms with Crippen LogP contribution in [0.25, 0.3) is 10.9 Å². The third kappa shape index (κ3) is 2.03. The van der Waals surface area contributed by atoms with Crippen molar-refractivity contribution in [3.05, 3.63) is 42.1 Å². The summed E-state index contributed by atoms with van der Waals surface area (Å²) in [7, 11) is 2.02. The Kier molecular flexibility index (Phi) is 2.86. The smallest absolute Gasteiger partial charge is 0.217 e. The summed E-state index contributed by atoms with van der Waals surface area (Å²) in [5, 5.41) is 4.01. The first-order chi connectivity index (χ1) is 7.68. The minimum atomic E-state index is -0.00249. The van der Waals surface area contributed by atoms with Gasteiger partial charge in [-0.1, -0.05) is 12.1 Å². The maximum Gasteiger partial charge on any atom is 0.217 e. The van der Waals surface area contributed by atoms with Gasteiger partial charge in [0.25, 0.3) is 0 Å². The number of nitrogens with zero attached hydrogens (tertiary/aromatic N) is 1. The van der Waals surface area contributed by atoms with Crippen molar-refractivity contribution < 1.29 is 9.36 Å². The molecule has 0 radical (unpaired) electrons. The van der Waals surface area contributed by atoms with Crippen molar-refractivity contribution in [2.75, 3.05) is 0 Å². The Morgan fingerprint density at radius 3 is 2.81 bits per heavy atom. The molecule has 2 aromatic rings. The summed E-state index contributed by atoms with van der Waals surface area (Å²) in [6, 6.07) is 10.2. The summed E-state index contributed by atoms with van der Waals surface area (Å²) in [6.45, 7) is 2.11. The predicted octanol–water partition coefficient (Wildman–Crippen LogP) is 1.30. The summed E-state index contributed by atoms with van der Waals surface area (Å²) >= 11 is 0. The van der Waals surface area contributed by atoms with Crippen LogP contribution in [0.4, 0.5) is 0 Å². The molecule has 0 aliphatic carbocycles. The number of fused-ring (bicyclic) bond motifs is 1. The normalized spacial score (nSPS) is 10.4. The number of carbonyl (C=O) groups is 1. The molecule has 0 aliphatic heterocycles. The van der Waals surface area contributed by atoms with E-state index in [-0.39, 0.29) is 5.91 Å². The Labute approximate surface area is 94.7 Å². The molecule has 0 bridgehead atoms. The largest absolute Gasteiger partial charge is 0.352 e. The van der Waals surface area contributed by atoms with Gasteiger partial charge < -0.3 is 5.32 Å². The van der Waals surface area contributed by atoms with E-state index in [0.717, 1.165) is 5.56 Å². The highest BCUT2D eigenvalue weighted by atomic mass is 16.1. The molecular formula is C13H15N2O+. The van der Waals surface area contributed by atoms with Gasteiger partial charge in [-0.05, 0) is 11.6 Å². The second-order valence-corrected chi connectivity index (χ2v) is 3.88. The molecule has 1 heterocycles. The van der Waals surface area contributed by atoms with Crippen molar-refractivity contribution in [1.82, 2.24) is 5.32 Å². The number of pyridine rings is 1.